The van der Waals surface area contributed by atoms with E-state index in [1.165, 1.54) is 5.56 Å². The SMILES string of the molecule is Cc1nn(C)c2ncc(CNCC3(C)COC3)cc12. The van der Waals surface area contributed by atoms with Crippen LogP contribution in [-0.4, -0.2) is 34.5 Å². The first kappa shape index (κ1) is 12.6. The fourth-order valence-corrected chi connectivity index (χ4v) is 2.51. The largest absolute Gasteiger partial charge is 0.380 e. The first-order valence-electron chi connectivity index (χ1n) is 6.64. The summed E-state index contributed by atoms with van der Waals surface area (Å²) in [4.78, 5) is 4.49. The molecule has 3 heterocycles. The van der Waals surface area contributed by atoms with Crippen molar-refractivity contribution in [1.29, 1.82) is 0 Å². The lowest BCUT2D eigenvalue weighted by Crippen LogP contribution is -2.47. The number of nitrogens with zero attached hydrogens (tertiary/aromatic N) is 3. The van der Waals surface area contributed by atoms with Crippen molar-refractivity contribution in [3.8, 4) is 0 Å². The Bertz CT molecular complexity index is 601. The maximum atomic E-state index is 5.25. The summed E-state index contributed by atoms with van der Waals surface area (Å²) in [6.07, 6.45) is 1.93. The number of aryl methyl sites for hydroxylation is 2. The molecule has 0 bridgehead atoms. The molecule has 0 spiro atoms. The van der Waals surface area contributed by atoms with E-state index < -0.39 is 0 Å². The van der Waals surface area contributed by atoms with Crippen LogP contribution in [0.15, 0.2) is 12.3 Å². The average Bonchev–Trinajstić information content (AvgIpc) is 2.63. The molecule has 0 aliphatic carbocycles. The minimum atomic E-state index is 0.307. The Labute approximate surface area is 113 Å². The minimum absolute atomic E-state index is 0.307. The van der Waals surface area contributed by atoms with Gasteiger partial charge in [-0.25, -0.2) is 4.98 Å². The van der Waals surface area contributed by atoms with Gasteiger partial charge in [-0.1, -0.05) is 6.92 Å². The predicted octanol–water partition coefficient (Wildman–Crippen LogP) is 1.40. The number of rotatable bonds is 4. The van der Waals surface area contributed by atoms with Gasteiger partial charge in [0.25, 0.3) is 0 Å². The molecule has 1 aliphatic rings. The molecule has 2 aromatic heterocycles. The Hall–Kier alpha value is -1.46. The van der Waals surface area contributed by atoms with Crippen molar-refractivity contribution >= 4 is 11.0 Å². The lowest BCUT2D eigenvalue weighted by Gasteiger charge is -2.38. The molecule has 102 valence electrons. The van der Waals surface area contributed by atoms with Crippen LogP contribution >= 0.6 is 0 Å². The Morgan fingerprint density at radius 2 is 2.26 bits per heavy atom. The molecule has 1 fully saturated rings. The molecule has 1 saturated heterocycles. The van der Waals surface area contributed by atoms with Crippen LogP contribution in [0.2, 0.25) is 0 Å². The fraction of sp³-hybridized carbons (Fsp3) is 0.571. The number of hydrogen-bond acceptors (Lipinski definition) is 4. The van der Waals surface area contributed by atoms with Crippen LogP contribution in [0.1, 0.15) is 18.2 Å². The summed E-state index contributed by atoms with van der Waals surface area (Å²) in [6.45, 7) is 7.81. The van der Waals surface area contributed by atoms with Gasteiger partial charge in [0.1, 0.15) is 0 Å². The van der Waals surface area contributed by atoms with Crippen LogP contribution in [0.4, 0.5) is 0 Å². The highest BCUT2D eigenvalue weighted by Gasteiger charge is 2.32. The van der Waals surface area contributed by atoms with Gasteiger partial charge in [-0.2, -0.15) is 5.10 Å². The number of hydrogen-bond donors (Lipinski definition) is 1. The monoisotopic (exact) mass is 260 g/mol. The molecule has 2 aromatic rings. The zero-order valence-corrected chi connectivity index (χ0v) is 11.7. The minimum Gasteiger partial charge on any atom is -0.380 e. The molecular weight excluding hydrogens is 240 g/mol. The van der Waals surface area contributed by atoms with Crippen LogP contribution in [0, 0.1) is 12.3 Å². The van der Waals surface area contributed by atoms with Gasteiger partial charge in [0, 0.05) is 37.1 Å². The van der Waals surface area contributed by atoms with Gasteiger partial charge in [-0.15, -0.1) is 0 Å². The Kier molecular flexibility index (Phi) is 3.03. The summed E-state index contributed by atoms with van der Waals surface area (Å²) in [6, 6.07) is 2.18. The van der Waals surface area contributed by atoms with Crippen molar-refractivity contribution in [2.75, 3.05) is 19.8 Å². The molecule has 0 saturated carbocycles. The van der Waals surface area contributed by atoms with E-state index in [1.807, 2.05) is 24.9 Å². The lowest BCUT2D eigenvalue weighted by atomic mass is 9.89. The highest BCUT2D eigenvalue weighted by molar-refractivity contribution is 5.78. The molecule has 1 aliphatic heterocycles. The molecule has 1 N–H and O–H groups in total. The van der Waals surface area contributed by atoms with E-state index in [4.69, 9.17) is 4.74 Å². The van der Waals surface area contributed by atoms with E-state index in [9.17, 15) is 0 Å². The van der Waals surface area contributed by atoms with Gasteiger partial charge < -0.3 is 10.1 Å². The molecular formula is C14H20N4O. The topological polar surface area (TPSA) is 52.0 Å². The van der Waals surface area contributed by atoms with Crippen LogP contribution in [0.25, 0.3) is 11.0 Å². The van der Waals surface area contributed by atoms with Gasteiger partial charge in [0.05, 0.1) is 18.9 Å². The fourth-order valence-electron chi connectivity index (χ4n) is 2.51. The zero-order valence-electron chi connectivity index (χ0n) is 11.7. The van der Waals surface area contributed by atoms with Crippen molar-refractivity contribution in [1.82, 2.24) is 20.1 Å². The van der Waals surface area contributed by atoms with Gasteiger partial charge in [-0.05, 0) is 18.6 Å². The van der Waals surface area contributed by atoms with Crippen molar-refractivity contribution in [3.05, 3.63) is 23.5 Å². The Morgan fingerprint density at radius 1 is 1.47 bits per heavy atom. The van der Waals surface area contributed by atoms with Crippen molar-refractivity contribution in [2.45, 2.75) is 20.4 Å². The molecule has 0 amide bonds. The highest BCUT2D eigenvalue weighted by atomic mass is 16.5. The van der Waals surface area contributed by atoms with Crippen molar-refractivity contribution in [2.24, 2.45) is 12.5 Å². The smallest absolute Gasteiger partial charge is 0.157 e. The summed E-state index contributed by atoms with van der Waals surface area (Å²) in [5, 5.41) is 9.02. The Morgan fingerprint density at radius 3 is 2.95 bits per heavy atom. The summed E-state index contributed by atoms with van der Waals surface area (Å²) in [5.41, 5.74) is 3.49. The molecule has 0 atom stereocenters. The number of pyridine rings is 1. The summed E-state index contributed by atoms with van der Waals surface area (Å²) in [7, 11) is 1.93. The predicted molar refractivity (Wildman–Crippen MR) is 73.9 cm³/mol. The van der Waals surface area contributed by atoms with Crippen molar-refractivity contribution < 1.29 is 4.74 Å². The van der Waals surface area contributed by atoms with Crippen LogP contribution in [-0.2, 0) is 18.3 Å². The number of ether oxygens (including phenoxy) is 1. The van der Waals surface area contributed by atoms with E-state index in [0.717, 1.165) is 43.0 Å². The second-order valence-corrected chi connectivity index (χ2v) is 5.83. The summed E-state index contributed by atoms with van der Waals surface area (Å²) < 4.78 is 7.08. The van der Waals surface area contributed by atoms with Crippen molar-refractivity contribution in [3.63, 3.8) is 0 Å². The van der Waals surface area contributed by atoms with E-state index >= 15 is 0 Å². The van der Waals surface area contributed by atoms with Gasteiger partial charge in [0.15, 0.2) is 5.65 Å². The Balaban J connectivity index is 1.69. The molecule has 5 heteroatoms. The van der Waals surface area contributed by atoms with E-state index in [1.54, 1.807) is 0 Å². The van der Waals surface area contributed by atoms with Gasteiger partial charge in [0.2, 0.25) is 0 Å². The van der Waals surface area contributed by atoms with Crippen LogP contribution in [0.5, 0.6) is 0 Å². The third kappa shape index (κ3) is 2.35. The third-order valence-electron chi connectivity index (χ3n) is 3.70. The molecule has 0 unspecified atom stereocenters. The maximum Gasteiger partial charge on any atom is 0.157 e. The van der Waals surface area contributed by atoms with Gasteiger partial charge >= 0.3 is 0 Å². The zero-order chi connectivity index (χ0) is 13.5. The number of aromatic nitrogens is 3. The first-order chi connectivity index (χ1) is 9.07. The molecule has 3 rings (SSSR count). The highest BCUT2D eigenvalue weighted by Crippen LogP contribution is 2.25. The van der Waals surface area contributed by atoms with E-state index in [-0.39, 0.29) is 0 Å². The number of fused-ring (bicyclic) bond motifs is 1. The number of nitrogens with one attached hydrogen (secondary N) is 1. The quantitative estimate of drug-likeness (QED) is 0.903. The van der Waals surface area contributed by atoms with Crippen LogP contribution in [0.3, 0.4) is 0 Å². The summed E-state index contributed by atoms with van der Waals surface area (Å²) in [5.74, 6) is 0. The second-order valence-electron chi connectivity index (χ2n) is 5.83. The molecule has 0 radical (unpaired) electrons. The van der Waals surface area contributed by atoms with Gasteiger partial charge in [-0.3, -0.25) is 4.68 Å². The van der Waals surface area contributed by atoms with E-state index in [0.29, 0.717) is 5.41 Å². The maximum absolute atomic E-state index is 5.25. The lowest BCUT2D eigenvalue weighted by molar-refractivity contribution is -0.0991. The van der Waals surface area contributed by atoms with E-state index in [2.05, 4.69) is 28.4 Å². The standard InChI is InChI=1S/C14H20N4O/c1-10-12-4-11(6-16-13(12)18(3)17-10)5-15-7-14(2)8-19-9-14/h4,6,15H,5,7-9H2,1-3H3. The third-order valence-corrected chi connectivity index (χ3v) is 3.70. The average molecular weight is 260 g/mol. The molecule has 19 heavy (non-hydrogen) atoms. The summed E-state index contributed by atoms with van der Waals surface area (Å²) >= 11 is 0. The normalized spacial score (nSPS) is 17.6. The molecule has 5 nitrogen and oxygen atoms in total. The van der Waals surface area contributed by atoms with Crippen LogP contribution < -0.4 is 5.32 Å². The second kappa shape index (κ2) is 4.58. The first-order valence-corrected chi connectivity index (χ1v) is 6.64. The molecule has 0 aromatic carbocycles.